The predicted octanol–water partition coefficient (Wildman–Crippen LogP) is 2.84. The van der Waals surface area contributed by atoms with Crippen LogP contribution in [0.4, 0.5) is 0 Å². The molecule has 3 rings (SSSR count). The van der Waals surface area contributed by atoms with Gasteiger partial charge in [-0.05, 0) is 19.1 Å². The Morgan fingerprint density at radius 2 is 1.73 bits per heavy atom. The molecule has 0 bridgehead atoms. The van der Waals surface area contributed by atoms with Crippen LogP contribution < -0.4 is 0 Å². The van der Waals surface area contributed by atoms with Gasteiger partial charge in [0.2, 0.25) is 5.91 Å². The van der Waals surface area contributed by atoms with Gasteiger partial charge in [0, 0.05) is 37.8 Å². The van der Waals surface area contributed by atoms with Gasteiger partial charge in [-0.25, -0.2) is 4.98 Å². The molecule has 2 amide bonds. The summed E-state index contributed by atoms with van der Waals surface area (Å²) >= 11 is 1.38. The molecule has 0 atom stereocenters. The van der Waals surface area contributed by atoms with Gasteiger partial charge >= 0.3 is 0 Å². The number of aryl methyl sites for hydroxylation is 1. The largest absolute Gasteiger partial charge is 0.339 e. The quantitative estimate of drug-likeness (QED) is 0.813. The van der Waals surface area contributed by atoms with Crippen LogP contribution in [0.5, 0.6) is 0 Å². The average molecular weight is 372 g/mol. The van der Waals surface area contributed by atoms with Gasteiger partial charge < -0.3 is 9.80 Å². The maximum Gasteiger partial charge on any atom is 0.265 e. The molecule has 1 aliphatic rings. The molecule has 0 aliphatic carbocycles. The van der Waals surface area contributed by atoms with Crippen LogP contribution >= 0.6 is 11.3 Å². The van der Waals surface area contributed by atoms with E-state index in [4.69, 9.17) is 0 Å². The number of pyridine rings is 1. The van der Waals surface area contributed by atoms with Gasteiger partial charge in [0.15, 0.2) is 0 Å². The summed E-state index contributed by atoms with van der Waals surface area (Å²) in [5.41, 5.74) is 1.12. The molecule has 1 fully saturated rings. The summed E-state index contributed by atoms with van der Waals surface area (Å²) in [7, 11) is 0. The minimum Gasteiger partial charge on any atom is -0.339 e. The van der Waals surface area contributed by atoms with Gasteiger partial charge in [-0.15, -0.1) is 11.3 Å². The average Bonchev–Trinajstić information content (AvgIpc) is 3.02. The van der Waals surface area contributed by atoms with Crippen molar-refractivity contribution < 1.29 is 9.59 Å². The Bertz CT molecular complexity index is 803. The van der Waals surface area contributed by atoms with E-state index in [1.165, 1.54) is 11.3 Å². The molecule has 0 N–H and O–H groups in total. The van der Waals surface area contributed by atoms with E-state index in [2.05, 4.69) is 9.97 Å². The fraction of sp³-hybridized carbons (Fsp3) is 0.474. The molecule has 0 aromatic carbocycles. The van der Waals surface area contributed by atoms with Crippen LogP contribution in [-0.4, -0.2) is 57.8 Å². The molecule has 2 aromatic rings. The van der Waals surface area contributed by atoms with Crippen molar-refractivity contribution in [1.29, 1.82) is 0 Å². The van der Waals surface area contributed by atoms with E-state index in [1.54, 1.807) is 6.20 Å². The van der Waals surface area contributed by atoms with E-state index in [0.717, 1.165) is 16.4 Å². The first-order valence-electron chi connectivity index (χ1n) is 8.75. The molecular formula is C19H24N4O2S. The molecule has 3 heterocycles. The number of carbonyl (C=O) groups excluding carboxylic acids is 2. The maximum absolute atomic E-state index is 12.9. The number of rotatable bonds is 2. The molecule has 0 unspecified atom stereocenters. The van der Waals surface area contributed by atoms with Gasteiger partial charge in [0.25, 0.3) is 5.91 Å². The van der Waals surface area contributed by atoms with Crippen molar-refractivity contribution in [1.82, 2.24) is 19.8 Å². The summed E-state index contributed by atoms with van der Waals surface area (Å²) in [4.78, 5) is 38.4. The summed E-state index contributed by atoms with van der Waals surface area (Å²) in [5.74, 6) is 0.126. The normalized spacial score (nSPS) is 15.2. The number of thiazole rings is 1. The van der Waals surface area contributed by atoms with Crippen LogP contribution in [0.2, 0.25) is 0 Å². The standard InChI is InChI=1S/C19H24N4O2S/c1-13-15(26-16(21-13)14-7-5-6-8-20-14)17(24)22-9-11-23(12-10-22)18(25)19(2,3)4/h5-8H,9-12H2,1-4H3. The third-order valence-corrected chi connectivity index (χ3v) is 5.54. The molecule has 138 valence electrons. The first-order valence-corrected chi connectivity index (χ1v) is 9.56. The minimum atomic E-state index is -0.391. The smallest absolute Gasteiger partial charge is 0.265 e. The van der Waals surface area contributed by atoms with E-state index >= 15 is 0 Å². The summed E-state index contributed by atoms with van der Waals surface area (Å²) in [6, 6.07) is 5.66. The molecule has 0 radical (unpaired) electrons. The number of hydrogen-bond donors (Lipinski definition) is 0. The Kier molecular flexibility index (Phi) is 5.09. The maximum atomic E-state index is 12.9. The molecule has 7 heteroatoms. The van der Waals surface area contributed by atoms with Crippen molar-refractivity contribution in [3.8, 4) is 10.7 Å². The lowest BCUT2D eigenvalue weighted by molar-refractivity contribution is -0.140. The third kappa shape index (κ3) is 3.77. The molecule has 6 nitrogen and oxygen atoms in total. The van der Waals surface area contributed by atoms with E-state index in [-0.39, 0.29) is 11.8 Å². The Labute approximate surface area is 157 Å². The first-order chi connectivity index (χ1) is 12.3. The molecular weight excluding hydrogens is 348 g/mol. The zero-order chi connectivity index (χ0) is 18.9. The lowest BCUT2D eigenvalue weighted by Crippen LogP contribution is -2.53. The summed E-state index contributed by atoms with van der Waals surface area (Å²) in [5, 5.41) is 0.757. The van der Waals surface area contributed by atoms with Crippen LogP contribution in [0, 0.1) is 12.3 Å². The summed E-state index contributed by atoms with van der Waals surface area (Å²) in [6.45, 7) is 9.88. The van der Waals surface area contributed by atoms with Crippen molar-refractivity contribution >= 4 is 23.2 Å². The topological polar surface area (TPSA) is 66.4 Å². The van der Waals surface area contributed by atoms with Crippen LogP contribution in [-0.2, 0) is 4.79 Å². The van der Waals surface area contributed by atoms with Crippen molar-refractivity contribution in [2.45, 2.75) is 27.7 Å². The zero-order valence-electron chi connectivity index (χ0n) is 15.7. The molecule has 1 aliphatic heterocycles. The fourth-order valence-corrected chi connectivity index (χ4v) is 3.94. The number of piperazine rings is 1. The monoisotopic (exact) mass is 372 g/mol. The molecule has 26 heavy (non-hydrogen) atoms. The number of nitrogens with zero attached hydrogens (tertiary/aromatic N) is 4. The Hall–Kier alpha value is -2.28. The SMILES string of the molecule is Cc1nc(-c2ccccn2)sc1C(=O)N1CCN(C(=O)C(C)(C)C)CC1. The lowest BCUT2D eigenvalue weighted by Gasteiger charge is -2.37. The summed E-state index contributed by atoms with van der Waals surface area (Å²) in [6.07, 6.45) is 1.72. The number of aromatic nitrogens is 2. The molecule has 1 saturated heterocycles. The van der Waals surface area contributed by atoms with E-state index in [0.29, 0.717) is 31.1 Å². The van der Waals surface area contributed by atoms with Crippen LogP contribution in [0.15, 0.2) is 24.4 Å². The summed E-state index contributed by atoms with van der Waals surface area (Å²) < 4.78 is 0. The highest BCUT2D eigenvalue weighted by molar-refractivity contribution is 7.17. The molecule has 2 aromatic heterocycles. The second-order valence-corrected chi connectivity index (χ2v) is 8.48. The zero-order valence-corrected chi connectivity index (χ0v) is 16.5. The van der Waals surface area contributed by atoms with E-state index in [1.807, 2.05) is 55.7 Å². The highest BCUT2D eigenvalue weighted by Gasteiger charge is 2.32. The van der Waals surface area contributed by atoms with Crippen LogP contribution in [0.25, 0.3) is 10.7 Å². The van der Waals surface area contributed by atoms with Crippen LogP contribution in [0.3, 0.4) is 0 Å². The lowest BCUT2D eigenvalue weighted by atomic mass is 9.94. The Morgan fingerprint density at radius 3 is 2.31 bits per heavy atom. The highest BCUT2D eigenvalue weighted by Crippen LogP contribution is 2.28. The third-order valence-electron chi connectivity index (χ3n) is 4.37. The Morgan fingerprint density at radius 1 is 1.08 bits per heavy atom. The number of amides is 2. The van der Waals surface area contributed by atoms with Gasteiger partial charge in [-0.1, -0.05) is 26.8 Å². The number of hydrogen-bond acceptors (Lipinski definition) is 5. The fourth-order valence-electron chi connectivity index (χ4n) is 2.92. The van der Waals surface area contributed by atoms with Gasteiger partial charge in [-0.2, -0.15) is 0 Å². The molecule has 0 saturated carbocycles. The van der Waals surface area contributed by atoms with Crippen molar-refractivity contribution in [2.24, 2.45) is 5.41 Å². The molecule has 0 spiro atoms. The second kappa shape index (κ2) is 7.15. The predicted molar refractivity (Wildman–Crippen MR) is 102 cm³/mol. The number of carbonyl (C=O) groups is 2. The first kappa shape index (κ1) is 18.5. The van der Waals surface area contributed by atoms with Crippen LogP contribution in [0.1, 0.15) is 36.1 Å². The van der Waals surface area contributed by atoms with Gasteiger partial charge in [-0.3, -0.25) is 14.6 Å². The van der Waals surface area contributed by atoms with Crippen molar-refractivity contribution in [3.05, 3.63) is 35.0 Å². The minimum absolute atomic E-state index is 0.00922. The highest BCUT2D eigenvalue weighted by atomic mass is 32.1. The van der Waals surface area contributed by atoms with Gasteiger partial charge in [0.1, 0.15) is 9.88 Å². The van der Waals surface area contributed by atoms with E-state index < -0.39 is 5.41 Å². The Balaban J connectivity index is 1.70. The second-order valence-electron chi connectivity index (χ2n) is 7.48. The van der Waals surface area contributed by atoms with Crippen molar-refractivity contribution in [2.75, 3.05) is 26.2 Å². The van der Waals surface area contributed by atoms with Gasteiger partial charge in [0.05, 0.1) is 11.4 Å². The van der Waals surface area contributed by atoms with Crippen molar-refractivity contribution in [3.63, 3.8) is 0 Å². The van der Waals surface area contributed by atoms with E-state index in [9.17, 15) is 9.59 Å².